The van der Waals surface area contributed by atoms with E-state index in [1.807, 2.05) is 12.2 Å². The Balaban J connectivity index is 2.24. The topological polar surface area (TPSA) is 29.5 Å². The third-order valence-electron chi connectivity index (χ3n) is 2.64. The van der Waals surface area contributed by atoms with Crippen LogP contribution in [0.15, 0.2) is 48.7 Å². The quantitative estimate of drug-likeness (QED) is 0.801. The molecule has 0 spiro atoms. The summed E-state index contributed by atoms with van der Waals surface area (Å²) in [7, 11) is 0. The molecule has 0 saturated heterocycles. The molecule has 0 aromatic heterocycles. The lowest BCUT2D eigenvalue weighted by atomic mass is 10.0. The van der Waals surface area contributed by atoms with Crippen molar-refractivity contribution >= 4 is 6.09 Å². The largest absolute Gasteiger partial charge is 0.449 e. The van der Waals surface area contributed by atoms with Gasteiger partial charge in [-0.1, -0.05) is 24.3 Å². The van der Waals surface area contributed by atoms with Crippen molar-refractivity contribution in [3.05, 3.63) is 60.1 Å². The van der Waals surface area contributed by atoms with Crippen LogP contribution in [0.3, 0.4) is 0 Å². The van der Waals surface area contributed by atoms with Crippen LogP contribution in [0.1, 0.15) is 18.5 Å². The van der Waals surface area contributed by atoms with Gasteiger partial charge in [-0.25, -0.2) is 9.18 Å². The number of amides is 1. The molecule has 0 saturated carbocycles. The van der Waals surface area contributed by atoms with Gasteiger partial charge in [0.15, 0.2) is 0 Å². The van der Waals surface area contributed by atoms with Crippen molar-refractivity contribution in [3.63, 3.8) is 0 Å². The smallest absolute Gasteiger partial charge is 0.414 e. The zero-order valence-electron chi connectivity index (χ0n) is 10.0. The molecule has 1 atom stereocenters. The van der Waals surface area contributed by atoms with E-state index in [0.717, 1.165) is 5.56 Å². The van der Waals surface area contributed by atoms with Crippen molar-refractivity contribution < 1.29 is 13.9 Å². The first-order chi connectivity index (χ1) is 8.72. The van der Waals surface area contributed by atoms with Gasteiger partial charge in [-0.3, -0.25) is 4.90 Å². The Hall–Kier alpha value is -2.10. The Morgan fingerprint density at radius 2 is 2.06 bits per heavy atom. The van der Waals surface area contributed by atoms with Crippen molar-refractivity contribution in [2.45, 2.75) is 13.0 Å². The lowest BCUT2D eigenvalue weighted by molar-refractivity contribution is 0.115. The van der Waals surface area contributed by atoms with E-state index in [0.29, 0.717) is 6.61 Å². The van der Waals surface area contributed by atoms with Crippen LogP contribution in [0.25, 0.3) is 0 Å². The molecule has 1 aliphatic heterocycles. The number of allylic oxidation sites excluding steroid dienone is 2. The third kappa shape index (κ3) is 2.59. The summed E-state index contributed by atoms with van der Waals surface area (Å²) in [6, 6.07) is 5.83. The molecule has 1 aromatic carbocycles. The first kappa shape index (κ1) is 12.4. The number of benzene rings is 1. The zero-order valence-corrected chi connectivity index (χ0v) is 10.0. The summed E-state index contributed by atoms with van der Waals surface area (Å²) in [5.41, 5.74) is 0.838. The molecular formula is C14H14FNO2. The Morgan fingerprint density at radius 1 is 1.33 bits per heavy atom. The standard InChI is InChI=1S/C14H14FNO2/c1-2-18-14(17)16-10-4-3-5-13(16)11-6-8-12(15)9-7-11/h3-10,13H,2H2,1H3/t13-/m1/s1. The van der Waals surface area contributed by atoms with Gasteiger partial charge < -0.3 is 4.74 Å². The minimum atomic E-state index is -0.410. The maximum absolute atomic E-state index is 12.9. The van der Waals surface area contributed by atoms with Gasteiger partial charge in [0.05, 0.1) is 12.6 Å². The molecule has 0 unspecified atom stereocenters. The summed E-state index contributed by atoms with van der Waals surface area (Å²) in [4.78, 5) is 13.3. The summed E-state index contributed by atoms with van der Waals surface area (Å²) < 4.78 is 17.9. The van der Waals surface area contributed by atoms with Gasteiger partial charge in [-0.05, 0) is 30.7 Å². The summed E-state index contributed by atoms with van der Waals surface area (Å²) in [6.45, 7) is 2.08. The molecule has 0 radical (unpaired) electrons. The summed E-state index contributed by atoms with van der Waals surface area (Å²) in [5, 5.41) is 0. The summed E-state index contributed by atoms with van der Waals surface area (Å²) >= 11 is 0. The Labute approximate surface area is 105 Å². The van der Waals surface area contributed by atoms with Crippen molar-refractivity contribution in [1.82, 2.24) is 4.90 Å². The molecule has 3 nitrogen and oxygen atoms in total. The molecule has 1 heterocycles. The van der Waals surface area contributed by atoms with Crippen LogP contribution < -0.4 is 0 Å². The summed E-state index contributed by atoms with van der Waals surface area (Å²) in [6.07, 6.45) is 6.73. The van der Waals surface area contributed by atoms with Crippen molar-refractivity contribution in [2.24, 2.45) is 0 Å². The Morgan fingerprint density at radius 3 is 2.72 bits per heavy atom. The normalized spacial score (nSPS) is 17.9. The van der Waals surface area contributed by atoms with Crippen molar-refractivity contribution in [3.8, 4) is 0 Å². The van der Waals surface area contributed by atoms with Crippen LogP contribution >= 0.6 is 0 Å². The van der Waals surface area contributed by atoms with Gasteiger partial charge in [0.1, 0.15) is 5.82 Å². The molecule has 0 N–H and O–H groups in total. The second-order valence-corrected chi connectivity index (χ2v) is 3.83. The second-order valence-electron chi connectivity index (χ2n) is 3.83. The second kappa shape index (κ2) is 5.49. The highest BCUT2D eigenvalue weighted by Crippen LogP contribution is 2.26. The van der Waals surface area contributed by atoms with Crippen LogP contribution in [0, 0.1) is 5.82 Å². The van der Waals surface area contributed by atoms with E-state index in [4.69, 9.17) is 4.74 Å². The van der Waals surface area contributed by atoms with E-state index in [9.17, 15) is 9.18 Å². The number of carbonyl (C=O) groups excluding carboxylic acids is 1. The third-order valence-corrected chi connectivity index (χ3v) is 2.64. The minimum Gasteiger partial charge on any atom is -0.449 e. The van der Waals surface area contributed by atoms with Crippen LogP contribution in [-0.2, 0) is 4.74 Å². The highest BCUT2D eigenvalue weighted by Gasteiger charge is 2.23. The Bertz CT molecular complexity index is 479. The first-order valence-electron chi connectivity index (χ1n) is 5.78. The Kier molecular flexibility index (Phi) is 3.77. The van der Waals surface area contributed by atoms with E-state index >= 15 is 0 Å². The fraction of sp³-hybridized carbons (Fsp3) is 0.214. The van der Waals surface area contributed by atoms with Crippen LogP contribution in [0.5, 0.6) is 0 Å². The minimum absolute atomic E-state index is 0.255. The van der Waals surface area contributed by atoms with E-state index in [1.165, 1.54) is 17.0 Å². The predicted molar refractivity (Wildman–Crippen MR) is 66.3 cm³/mol. The maximum Gasteiger partial charge on any atom is 0.414 e. The predicted octanol–water partition coefficient (Wildman–Crippen LogP) is 3.41. The molecule has 1 aliphatic rings. The van der Waals surface area contributed by atoms with Gasteiger partial charge in [0.2, 0.25) is 0 Å². The number of hydrogen-bond donors (Lipinski definition) is 0. The zero-order chi connectivity index (χ0) is 13.0. The van der Waals surface area contributed by atoms with Crippen LogP contribution in [0.2, 0.25) is 0 Å². The molecule has 2 rings (SSSR count). The highest BCUT2D eigenvalue weighted by atomic mass is 19.1. The van der Waals surface area contributed by atoms with Crippen molar-refractivity contribution in [2.75, 3.05) is 6.61 Å². The van der Waals surface area contributed by atoms with E-state index in [2.05, 4.69) is 0 Å². The number of halogens is 1. The molecule has 0 aliphatic carbocycles. The van der Waals surface area contributed by atoms with E-state index in [-0.39, 0.29) is 11.9 Å². The highest BCUT2D eigenvalue weighted by molar-refractivity contribution is 5.70. The summed E-state index contributed by atoms with van der Waals surface area (Å²) in [5.74, 6) is -0.295. The molecule has 18 heavy (non-hydrogen) atoms. The average molecular weight is 247 g/mol. The van der Waals surface area contributed by atoms with Crippen LogP contribution in [0.4, 0.5) is 9.18 Å². The van der Waals surface area contributed by atoms with E-state index < -0.39 is 6.09 Å². The molecule has 4 heteroatoms. The molecule has 1 aromatic rings. The fourth-order valence-electron chi connectivity index (χ4n) is 1.80. The molecule has 0 bridgehead atoms. The van der Waals surface area contributed by atoms with Gasteiger partial charge in [0, 0.05) is 6.20 Å². The van der Waals surface area contributed by atoms with Crippen LogP contribution in [-0.4, -0.2) is 17.6 Å². The maximum atomic E-state index is 12.9. The fourth-order valence-corrected chi connectivity index (χ4v) is 1.80. The molecule has 94 valence electrons. The lowest BCUT2D eigenvalue weighted by Gasteiger charge is -2.27. The number of rotatable bonds is 2. The van der Waals surface area contributed by atoms with Gasteiger partial charge in [-0.15, -0.1) is 0 Å². The average Bonchev–Trinajstić information content (AvgIpc) is 2.40. The first-order valence-corrected chi connectivity index (χ1v) is 5.78. The molecule has 1 amide bonds. The van der Waals surface area contributed by atoms with Gasteiger partial charge in [-0.2, -0.15) is 0 Å². The van der Waals surface area contributed by atoms with E-state index in [1.54, 1.807) is 31.3 Å². The number of carbonyl (C=O) groups is 1. The lowest BCUT2D eigenvalue weighted by Crippen LogP contribution is -2.31. The monoisotopic (exact) mass is 247 g/mol. The number of nitrogens with zero attached hydrogens (tertiary/aromatic N) is 1. The van der Waals surface area contributed by atoms with Gasteiger partial charge in [0.25, 0.3) is 0 Å². The van der Waals surface area contributed by atoms with Gasteiger partial charge >= 0.3 is 6.09 Å². The SMILES string of the molecule is CCOC(=O)N1C=CC=C[C@@H]1c1ccc(F)cc1. The number of hydrogen-bond acceptors (Lipinski definition) is 2. The molecular weight excluding hydrogens is 233 g/mol. The molecule has 0 fully saturated rings. The number of ether oxygens (including phenoxy) is 1. The van der Waals surface area contributed by atoms with Crippen molar-refractivity contribution in [1.29, 1.82) is 0 Å².